The van der Waals surface area contributed by atoms with Gasteiger partial charge in [0, 0.05) is 11.4 Å². The lowest BCUT2D eigenvalue weighted by atomic mass is 10.1. The van der Waals surface area contributed by atoms with Gasteiger partial charge in [0.25, 0.3) is 0 Å². The van der Waals surface area contributed by atoms with E-state index in [0.717, 1.165) is 4.88 Å². The molecule has 1 aromatic rings. The summed E-state index contributed by atoms with van der Waals surface area (Å²) in [6.45, 7) is -2.23. The van der Waals surface area contributed by atoms with Gasteiger partial charge in [-0.25, -0.2) is 0 Å². The molecule has 1 saturated heterocycles. The second-order valence-electron chi connectivity index (χ2n) is 6.31. The molecule has 3 N–H and O–H groups in total. The van der Waals surface area contributed by atoms with E-state index in [9.17, 15) is 27.2 Å². The number of hydrogen-bond acceptors (Lipinski definition) is 4. The molecule has 1 aliphatic heterocycles. The van der Waals surface area contributed by atoms with Crippen molar-refractivity contribution in [3.8, 4) is 0 Å². The number of nitrogens with two attached hydrogens (primary N) is 1. The highest BCUT2D eigenvalue weighted by molar-refractivity contribution is 7.10. The van der Waals surface area contributed by atoms with Gasteiger partial charge in [0.15, 0.2) is 0 Å². The van der Waals surface area contributed by atoms with E-state index in [1.807, 2.05) is 17.5 Å². The number of likely N-dealkylation sites (tertiary alicyclic amines) is 1. The fourth-order valence-electron chi connectivity index (χ4n) is 2.63. The highest BCUT2D eigenvalue weighted by atomic mass is 32.1. The largest absolute Gasteiger partial charge is 0.356 e. The maximum Gasteiger partial charge on any atom is 0.329 e. The second kappa shape index (κ2) is 8.34. The number of amides is 2. The number of alkyl halides is 4. The van der Waals surface area contributed by atoms with Crippen molar-refractivity contribution < 1.29 is 27.2 Å². The molecule has 146 valence electrons. The maximum atomic E-state index is 13.1. The fraction of sp³-hybridized carbons (Fsp3) is 0.625. The van der Waals surface area contributed by atoms with Crippen LogP contribution in [0, 0.1) is 0 Å². The zero-order valence-electron chi connectivity index (χ0n) is 14.0. The normalized spacial score (nSPS) is 19.3. The summed E-state index contributed by atoms with van der Waals surface area (Å²) in [4.78, 5) is 25.0. The number of nitrogens with zero attached hydrogens (tertiary/aromatic N) is 1. The van der Waals surface area contributed by atoms with Gasteiger partial charge < -0.3 is 16.0 Å². The fourth-order valence-corrected chi connectivity index (χ4v) is 3.33. The first-order valence-corrected chi connectivity index (χ1v) is 9.09. The van der Waals surface area contributed by atoms with Crippen LogP contribution in [0.4, 0.5) is 17.6 Å². The molecule has 0 aliphatic carbocycles. The first-order valence-electron chi connectivity index (χ1n) is 8.21. The molecule has 0 radical (unpaired) electrons. The molecule has 2 amide bonds. The van der Waals surface area contributed by atoms with E-state index < -0.39 is 36.9 Å². The lowest BCUT2D eigenvalue weighted by Crippen LogP contribution is -2.43. The molecule has 5 nitrogen and oxygen atoms in total. The van der Waals surface area contributed by atoms with Gasteiger partial charge in [-0.3, -0.25) is 9.59 Å². The Hall–Kier alpha value is -1.68. The minimum atomic E-state index is -4.23. The van der Waals surface area contributed by atoms with Gasteiger partial charge in [0.2, 0.25) is 11.8 Å². The van der Waals surface area contributed by atoms with Crippen LogP contribution in [0.5, 0.6) is 0 Å². The van der Waals surface area contributed by atoms with Gasteiger partial charge in [-0.15, -0.1) is 11.3 Å². The predicted octanol–water partition coefficient (Wildman–Crippen LogP) is 2.02. The number of carbonyl (C=O) groups is 2. The van der Waals surface area contributed by atoms with Crippen LogP contribution in [-0.4, -0.2) is 54.2 Å². The molecule has 0 bridgehead atoms. The molecular formula is C16H21F4N3O2S. The number of nitrogens with one attached hydrogen (secondary N) is 1. The van der Waals surface area contributed by atoms with E-state index >= 15 is 0 Å². The Morgan fingerprint density at radius 2 is 1.88 bits per heavy atom. The first kappa shape index (κ1) is 20.6. The van der Waals surface area contributed by atoms with Crippen molar-refractivity contribution in [2.75, 3.05) is 19.6 Å². The lowest BCUT2D eigenvalue weighted by Gasteiger charge is -2.19. The summed E-state index contributed by atoms with van der Waals surface area (Å²) < 4.78 is 52.5. The Labute approximate surface area is 152 Å². The van der Waals surface area contributed by atoms with Gasteiger partial charge in [0.1, 0.15) is 0 Å². The Bertz CT molecular complexity index is 609. The highest BCUT2D eigenvalue weighted by Crippen LogP contribution is 2.41. The minimum Gasteiger partial charge on any atom is -0.356 e. The third kappa shape index (κ3) is 5.16. The van der Waals surface area contributed by atoms with Crippen molar-refractivity contribution in [1.29, 1.82) is 0 Å². The van der Waals surface area contributed by atoms with E-state index in [1.54, 1.807) is 0 Å². The average Bonchev–Trinajstić information content (AvgIpc) is 3.12. The summed E-state index contributed by atoms with van der Waals surface area (Å²) >= 11 is 1.49. The minimum absolute atomic E-state index is 0.116. The van der Waals surface area contributed by atoms with Crippen LogP contribution in [0.2, 0.25) is 0 Å². The molecule has 1 aromatic heterocycles. The van der Waals surface area contributed by atoms with Crippen molar-refractivity contribution in [2.24, 2.45) is 5.73 Å². The molecule has 0 spiro atoms. The molecule has 1 fully saturated rings. The van der Waals surface area contributed by atoms with Crippen LogP contribution in [0.25, 0.3) is 0 Å². The van der Waals surface area contributed by atoms with Gasteiger partial charge >= 0.3 is 11.8 Å². The third-order valence-electron chi connectivity index (χ3n) is 4.12. The molecule has 26 heavy (non-hydrogen) atoms. The maximum absolute atomic E-state index is 13.1. The molecule has 0 saturated carbocycles. The predicted molar refractivity (Wildman–Crippen MR) is 89.3 cm³/mol. The molecule has 10 heteroatoms. The molecule has 1 atom stereocenters. The van der Waals surface area contributed by atoms with Crippen molar-refractivity contribution in [1.82, 2.24) is 10.2 Å². The number of halogens is 4. The lowest BCUT2D eigenvalue weighted by molar-refractivity contribution is -0.172. The van der Waals surface area contributed by atoms with Gasteiger partial charge in [-0.2, -0.15) is 17.6 Å². The van der Waals surface area contributed by atoms with E-state index in [0.29, 0.717) is 30.7 Å². The van der Waals surface area contributed by atoms with Crippen molar-refractivity contribution in [3.63, 3.8) is 0 Å². The van der Waals surface area contributed by atoms with Crippen LogP contribution in [0.1, 0.15) is 24.1 Å². The summed E-state index contributed by atoms with van der Waals surface area (Å²) in [7, 11) is 0. The SMILES string of the molecule is N[C@@H](CCCCNC(=O)Cc1cccs1)C(=O)N1CC(F)(F)C(F)(F)C1. The number of hydrogen-bond donors (Lipinski definition) is 2. The molecule has 2 heterocycles. The Morgan fingerprint density at radius 3 is 2.46 bits per heavy atom. The molecule has 0 aromatic carbocycles. The van der Waals surface area contributed by atoms with Crippen LogP contribution in [-0.2, 0) is 16.0 Å². The Balaban J connectivity index is 1.63. The number of rotatable bonds is 8. The highest BCUT2D eigenvalue weighted by Gasteiger charge is 2.64. The van der Waals surface area contributed by atoms with E-state index in [-0.39, 0.29) is 12.3 Å². The van der Waals surface area contributed by atoms with Crippen molar-refractivity contribution in [2.45, 2.75) is 43.6 Å². The van der Waals surface area contributed by atoms with Crippen molar-refractivity contribution >= 4 is 23.2 Å². The summed E-state index contributed by atoms with van der Waals surface area (Å²) in [5, 5.41) is 4.62. The standard InChI is InChI=1S/C16H21F4N3O2S/c17-15(18)9-23(10-16(15,19)20)14(25)12(21)5-1-2-6-22-13(24)8-11-4-3-7-26-11/h3-4,7,12H,1-2,5-6,8-10,21H2,(H,22,24)/t12-/m0/s1. The van der Waals surface area contributed by atoms with Gasteiger partial charge in [-0.05, 0) is 30.7 Å². The first-order chi connectivity index (χ1) is 12.1. The average molecular weight is 395 g/mol. The topological polar surface area (TPSA) is 75.4 Å². The van der Waals surface area contributed by atoms with Crippen molar-refractivity contribution in [3.05, 3.63) is 22.4 Å². The monoisotopic (exact) mass is 395 g/mol. The van der Waals surface area contributed by atoms with E-state index in [2.05, 4.69) is 5.32 Å². The van der Waals surface area contributed by atoms with E-state index in [1.165, 1.54) is 11.3 Å². The third-order valence-corrected chi connectivity index (χ3v) is 5.00. The smallest absolute Gasteiger partial charge is 0.329 e. The Kier molecular flexibility index (Phi) is 6.62. The summed E-state index contributed by atoms with van der Waals surface area (Å²) in [5.41, 5.74) is 5.64. The molecule has 1 aliphatic rings. The molecule has 0 unspecified atom stereocenters. The summed E-state index contributed by atoms with van der Waals surface area (Å²) in [6, 6.07) is 2.61. The number of unbranched alkanes of at least 4 members (excludes halogenated alkanes) is 1. The van der Waals surface area contributed by atoms with Gasteiger partial charge in [0.05, 0.1) is 25.6 Å². The van der Waals surface area contributed by atoms with Crippen LogP contribution in [0.15, 0.2) is 17.5 Å². The van der Waals surface area contributed by atoms with Crippen LogP contribution < -0.4 is 11.1 Å². The zero-order chi connectivity index (χ0) is 19.4. The quantitative estimate of drug-likeness (QED) is 0.522. The number of carbonyl (C=O) groups excluding carboxylic acids is 2. The Morgan fingerprint density at radius 1 is 1.23 bits per heavy atom. The molecule has 2 rings (SSSR count). The second-order valence-corrected chi connectivity index (χ2v) is 7.34. The van der Waals surface area contributed by atoms with Crippen LogP contribution >= 0.6 is 11.3 Å². The van der Waals surface area contributed by atoms with E-state index in [4.69, 9.17) is 5.73 Å². The number of thiophene rings is 1. The summed E-state index contributed by atoms with van der Waals surface area (Å²) in [6.07, 6.45) is 1.48. The van der Waals surface area contributed by atoms with Crippen LogP contribution in [0.3, 0.4) is 0 Å². The van der Waals surface area contributed by atoms with Gasteiger partial charge in [-0.1, -0.05) is 6.07 Å². The summed E-state index contributed by atoms with van der Waals surface area (Å²) in [5.74, 6) is -9.47. The molecular weight excluding hydrogens is 374 g/mol. The zero-order valence-corrected chi connectivity index (χ0v) is 14.8.